The van der Waals surface area contributed by atoms with E-state index >= 15 is 0 Å². The molecular weight excluding hydrogens is 140 g/mol. The van der Waals surface area contributed by atoms with Gasteiger partial charge in [0.25, 0.3) is 0 Å². The molecule has 0 fully saturated rings. The van der Waals surface area contributed by atoms with Crippen molar-refractivity contribution < 1.29 is 9.84 Å². The van der Waals surface area contributed by atoms with Crippen LogP contribution in [0.5, 0.6) is 0 Å². The van der Waals surface area contributed by atoms with E-state index < -0.39 is 0 Å². The zero-order valence-corrected chi connectivity index (χ0v) is 6.58. The second-order valence-electron chi connectivity index (χ2n) is 2.36. The average molecular weight is 152 g/mol. The van der Waals surface area contributed by atoms with Crippen LogP contribution in [0.3, 0.4) is 0 Å². The van der Waals surface area contributed by atoms with E-state index in [4.69, 9.17) is 9.84 Å². The minimum Gasteiger partial charge on any atom is -0.392 e. The van der Waals surface area contributed by atoms with Gasteiger partial charge in [-0.25, -0.2) is 0 Å². The maximum Gasteiger partial charge on any atom is 0.0716 e. The fourth-order valence-electron chi connectivity index (χ4n) is 1.01. The zero-order valence-electron chi connectivity index (χ0n) is 6.58. The minimum atomic E-state index is 0.0829. The fraction of sp³-hybridized carbons (Fsp3) is 0.333. The molecule has 1 N–H and O–H groups in total. The average Bonchev–Trinajstić information content (AvgIpc) is 2.06. The molecular formula is C9H12O2. The standard InChI is InChI=1S/C9H12O2/c1-11-7-9-5-3-2-4-8(9)6-10/h2-5,10H,6-7H2,1H3. The molecule has 60 valence electrons. The molecule has 2 nitrogen and oxygen atoms in total. The summed E-state index contributed by atoms with van der Waals surface area (Å²) in [4.78, 5) is 0. The summed E-state index contributed by atoms with van der Waals surface area (Å²) in [5.74, 6) is 0. The molecule has 0 spiro atoms. The summed E-state index contributed by atoms with van der Waals surface area (Å²) in [6.07, 6.45) is 0. The summed E-state index contributed by atoms with van der Waals surface area (Å²) in [7, 11) is 1.65. The normalized spacial score (nSPS) is 10.0. The lowest BCUT2D eigenvalue weighted by Gasteiger charge is -2.04. The number of hydrogen-bond acceptors (Lipinski definition) is 2. The molecule has 0 amide bonds. The first-order valence-corrected chi connectivity index (χ1v) is 3.55. The summed E-state index contributed by atoms with van der Waals surface area (Å²) in [5.41, 5.74) is 1.99. The van der Waals surface area contributed by atoms with E-state index in [9.17, 15) is 0 Å². The molecule has 11 heavy (non-hydrogen) atoms. The zero-order chi connectivity index (χ0) is 8.10. The van der Waals surface area contributed by atoms with Crippen LogP contribution < -0.4 is 0 Å². The van der Waals surface area contributed by atoms with E-state index in [0.717, 1.165) is 11.1 Å². The first-order valence-electron chi connectivity index (χ1n) is 3.55. The third-order valence-electron chi connectivity index (χ3n) is 1.59. The van der Waals surface area contributed by atoms with Crippen molar-refractivity contribution in [2.75, 3.05) is 7.11 Å². The maximum absolute atomic E-state index is 8.89. The van der Waals surface area contributed by atoms with Crippen LogP contribution in [0.2, 0.25) is 0 Å². The Morgan fingerprint density at radius 3 is 2.45 bits per heavy atom. The highest BCUT2D eigenvalue weighted by Crippen LogP contribution is 2.08. The number of methoxy groups -OCH3 is 1. The van der Waals surface area contributed by atoms with E-state index in [2.05, 4.69) is 0 Å². The van der Waals surface area contributed by atoms with Crippen LogP contribution in [0.15, 0.2) is 24.3 Å². The van der Waals surface area contributed by atoms with Crippen LogP contribution in [-0.2, 0) is 18.0 Å². The Labute approximate surface area is 66.4 Å². The Morgan fingerprint density at radius 2 is 1.91 bits per heavy atom. The quantitative estimate of drug-likeness (QED) is 0.708. The van der Waals surface area contributed by atoms with Gasteiger partial charge in [0.2, 0.25) is 0 Å². The Balaban J connectivity index is 2.83. The number of aliphatic hydroxyl groups excluding tert-OH is 1. The monoisotopic (exact) mass is 152 g/mol. The van der Waals surface area contributed by atoms with E-state index in [1.165, 1.54) is 0 Å². The largest absolute Gasteiger partial charge is 0.392 e. The smallest absolute Gasteiger partial charge is 0.0716 e. The van der Waals surface area contributed by atoms with Crippen molar-refractivity contribution >= 4 is 0 Å². The second kappa shape index (κ2) is 4.11. The van der Waals surface area contributed by atoms with Crippen molar-refractivity contribution in [3.8, 4) is 0 Å². The summed E-state index contributed by atoms with van der Waals surface area (Å²) in [6.45, 7) is 0.649. The molecule has 0 aromatic heterocycles. The number of benzene rings is 1. The topological polar surface area (TPSA) is 29.5 Å². The molecule has 0 heterocycles. The van der Waals surface area contributed by atoms with Gasteiger partial charge in [0.1, 0.15) is 0 Å². The van der Waals surface area contributed by atoms with Gasteiger partial charge >= 0.3 is 0 Å². The molecule has 0 saturated carbocycles. The van der Waals surface area contributed by atoms with Crippen molar-refractivity contribution in [2.24, 2.45) is 0 Å². The van der Waals surface area contributed by atoms with Gasteiger partial charge in [0.15, 0.2) is 0 Å². The first kappa shape index (κ1) is 8.24. The van der Waals surface area contributed by atoms with E-state index in [1.54, 1.807) is 7.11 Å². The molecule has 0 aliphatic heterocycles. The molecule has 0 aliphatic carbocycles. The predicted octanol–water partition coefficient (Wildman–Crippen LogP) is 1.33. The van der Waals surface area contributed by atoms with Crippen LogP contribution in [0.1, 0.15) is 11.1 Å². The molecule has 0 aliphatic rings. The predicted molar refractivity (Wildman–Crippen MR) is 43.1 cm³/mol. The van der Waals surface area contributed by atoms with Crippen molar-refractivity contribution in [1.82, 2.24) is 0 Å². The van der Waals surface area contributed by atoms with Gasteiger partial charge in [-0.2, -0.15) is 0 Å². The van der Waals surface area contributed by atoms with Gasteiger partial charge in [-0.1, -0.05) is 24.3 Å². The van der Waals surface area contributed by atoms with Crippen molar-refractivity contribution in [2.45, 2.75) is 13.2 Å². The molecule has 0 atom stereocenters. The molecule has 0 unspecified atom stereocenters. The lowest BCUT2D eigenvalue weighted by molar-refractivity contribution is 0.181. The minimum absolute atomic E-state index is 0.0829. The Bertz CT molecular complexity index is 221. The highest BCUT2D eigenvalue weighted by atomic mass is 16.5. The van der Waals surface area contributed by atoms with Crippen LogP contribution in [0, 0.1) is 0 Å². The summed E-state index contributed by atoms with van der Waals surface area (Å²) < 4.78 is 4.96. The maximum atomic E-state index is 8.89. The summed E-state index contributed by atoms with van der Waals surface area (Å²) in [6, 6.07) is 7.70. The molecule has 1 aromatic rings. The fourth-order valence-corrected chi connectivity index (χ4v) is 1.01. The highest BCUT2D eigenvalue weighted by molar-refractivity contribution is 5.25. The van der Waals surface area contributed by atoms with Crippen molar-refractivity contribution in [3.63, 3.8) is 0 Å². The summed E-state index contributed by atoms with van der Waals surface area (Å²) in [5, 5.41) is 8.89. The van der Waals surface area contributed by atoms with Gasteiger partial charge in [0, 0.05) is 7.11 Å². The molecule has 2 heteroatoms. The first-order chi connectivity index (χ1) is 5.38. The SMILES string of the molecule is COCc1ccccc1CO. The number of rotatable bonds is 3. The molecule has 0 bridgehead atoms. The van der Waals surface area contributed by atoms with Gasteiger partial charge in [0.05, 0.1) is 13.2 Å². The van der Waals surface area contributed by atoms with Crippen LogP contribution in [0.4, 0.5) is 0 Å². The van der Waals surface area contributed by atoms with Gasteiger partial charge < -0.3 is 9.84 Å². The summed E-state index contributed by atoms with van der Waals surface area (Å²) >= 11 is 0. The lowest BCUT2D eigenvalue weighted by Crippen LogP contribution is -1.94. The lowest BCUT2D eigenvalue weighted by atomic mass is 10.1. The third-order valence-corrected chi connectivity index (χ3v) is 1.59. The van der Waals surface area contributed by atoms with Crippen LogP contribution in [-0.4, -0.2) is 12.2 Å². The Kier molecular flexibility index (Phi) is 3.08. The van der Waals surface area contributed by atoms with Gasteiger partial charge in [-0.3, -0.25) is 0 Å². The third kappa shape index (κ3) is 2.03. The van der Waals surface area contributed by atoms with E-state index in [-0.39, 0.29) is 6.61 Å². The molecule has 0 radical (unpaired) electrons. The number of ether oxygens (including phenoxy) is 1. The Hall–Kier alpha value is -0.860. The number of aliphatic hydroxyl groups is 1. The second-order valence-corrected chi connectivity index (χ2v) is 2.36. The molecule has 1 aromatic carbocycles. The van der Waals surface area contributed by atoms with Gasteiger partial charge in [-0.15, -0.1) is 0 Å². The Morgan fingerprint density at radius 1 is 1.27 bits per heavy atom. The van der Waals surface area contributed by atoms with Crippen LogP contribution >= 0.6 is 0 Å². The van der Waals surface area contributed by atoms with E-state index in [0.29, 0.717) is 6.61 Å². The van der Waals surface area contributed by atoms with Crippen molar-refractivity contribution in [3.05, 3.63) is 35.4 Å². The van der Waals surface area contributed by atoms with Gasteiger partial charge in [-0.05, 0) is 11.1 Å². The molecule has 0 saturated heterocycles. The van der Waals surface area contributed by atoms with Crippen LogP contribution in [0.25, 0.3) is 0 Å². The number of hydrogen-bond donors (Lipinski definition) is 1. The molecule has 1 rings (SSSR count). The van der Waals surface area contributed by atoms with E-state index in [1.807, 2.05) is 24.3 Å². The van der Waals surface area contributed by atoms with Crippen molar-refractivity contribution in [1.29, 1.82) is 0 Å². The highest BCUT2D eigenvalue weighted by Gasteiger charge is 1.97.